The van der Waals surface area contributed by atoms with Gasteiger partial charge in [-0.3, -0.25) is 9.89 Å². The summed E-state index contributed by atoms with van der Waals surface area (Å²) >= 11 is 0. The largest absolute Gasteiger partial charge is 0.508 e. The molecule has 0 aliphatic rings. The Hall–Kier alpha value is -2.83. The van der Waals surface area contributed by atoms with E-state index in [2.05, 4.69) is 15.5 Å². The first-order valence-corrected chi connectivity index (χ1v) is 6.25. The number of carbonyl (C=O) groups is 2. The fraction of sp³-hybridized carbons (Fsp3) is 0.214. The van der Waals surface area contributed by atoms with Crippen molar-refractivity contribution in [3.63, 3.8) is 0 Å². The molecular weight excluding hydrogens is 274 g/mol. The van der Waals surface area contributed by atoms with Crippen molar-refractivity contribution in [2.75, 3.05) is 5.32 Å². The molecule has 0 aliphatic heterocycles. The fourth-order valence-corrected chi connectivity index (χ4v) is 2.01. The Bertz CT molecular complexity index is 687. The number of carbonyl (C=O) groups excluding carboxylic acids is 1. The predicted molar refractivity (Wildman–Crippen MR) is 75.5 cm³/mol. The Morgan fingerprint density at radius 1 is 1.33 bits per heavy atom. The maximum atomic E-state index is 12.0. The molecule has 2 rings (SSSR count). The first-order chi connectivity index (χ1) is 9.88. The van der Waals surface area contributed by atoms with E-state index >= 15 is 0 Å². The third-order valence-electron chi connectivity index (χ3n) is 3.13. The highest BCUT2D eigenvalue weighted by Gasteiger charge is 2.16. The Morgan fingerprint density at radius 2 is 2.05 bits per heavy atom. The van der Waals surface area contributed by atoms with Crippen molar-refractivity contribution in [2.45, 2.75) is 20.3 Å². The van der Waals surface area contributed by atoms with Gasteiger partial charge in [-0.1, -0.05) is 0 Å². The van der Waals surface area contributed by atoms with Gasteiger partial charge >= 0.3 is 5.97 Å². The topological polar surface area (TPSA) is 115 Å². The number of benzene rings is 1. The van der Waals surface area contributed by atoms with E-state index in [0.29, 0.717) is 0 Å². The zero-order chi connectivity index (χ0) is 15.6. The molecule has 4 N–H and O–H groups in total. The van der Waals surface area contributed by atoms with Crippen LogP contribution in [-0.2, 0) is 11.2 Å². The number of H-pyrrole nitrogens is 1. The molecule has 1 heterocycles. The molecule has 1 aromatic carbocycles. The SMILES string of the molecule is Cc1n[nH]c(C)c1CC(=O)Nc1ccc(O)cc1C(=O)O. The maximum absolute atomic E-state index is 12.0. The first-order valence-electron chi connectivity index (χ1n) is 6.25. The summed E-state index contributed by atoms with van der Waals surface area (Å²) in [5, 5.41) is 27.7. The number of phenolic OH excluding ortho intramolecular Hbond substituents is 1. The maximum Gasteiger partial charge on any atom is 0.337 e. The van der Waals surface area contributed by atoms with Crippen molar-refractivity contribution >= 4 is 17.6 Å². The number of aromatic nitrogens is 2. The van der Waals surface area contributed by atoms with Gasteiger partial charge in [0.2, 0.25) is 5.91 Å². The van der Waals surface area contributed by atoms with E-state index in [9.17, 15) is 14.7 Å². The number of nitrogens with one attached hydrogen (secondary N) is 2. The van der Waals surface area contributed by atoms with Crippen LogP contribution in [0.5, 0.6) is 5.75 Å². The van der Waals surface area contributed by atoms with Gasteiger partial charge in [-0.05, 0) is 32.0 Å². The average molecular weight is 289 g/mol. The summed E-state index contributed by atoms with van der Waals surface area (Å²) in [4.78, 5) is 23.1. The van der Waals surface area contributed by atoms with Crippen LogP contribution in [0.1, 0.15) is 27.3 Å². The van der Waals surface area contributed by atoms with Crippen LogP contribution in [0.2, 0.25) is 0 Å². The lowest BCUT2D eigenvalue weighted by Gasteiger charge is -2.09. The molecule has 21 heavy (non-hydrogen) atoms. The number of carboxylic acid groups (broad SMARTS) is 1. The summed E-state index contributed by atoms with van der Waals surface area (Å²) < 4.78 is 0. The number of hydrogen-bond donors (Lipinski definition) is 4. The number of anilines is 1. The van der Waals surface area contributed by atoms with E-state index in [1.165, 1.54) is 12.1 Å². The van der Waals surface area contributed by atoms with E-state index in [1.54, 1.807) is 6.92 Å². The summed E-state index contributed by atoms with van der Waals surface area (Å²) in [6.07, 6.45) is 0.0914. The minimum Gasteiger partial charge on any atom is -0.508 e. The van der Waals surface area contributed by atoms with Crippen molar-refractivity contribution in [2.24, 2.45) is 0 Å². The van der Waals surface area contributed by atoms with E-state index in [-0.39, 0.29) is 29.3 Å². The van der Waals surface area contributed by atoms with Crippen LogP contribution in [0.15, 0.2) is 18.2 Å². The Labute approximate surface area is 120 Å². The second-order valence-corrected chi connectivity index (χ2v) is 4.67. The number of aryl methyl sites for hydroxylation is 2. The minimum atomic E-state index is -1.23. The Kier molecular flexibility index (Phi) is 3.93. The number of phenols is 1. The summed E-state index contributed by atoms with van der Waals surface area (Å²) in [5.74, 6) is -1.75. The molecule has 7 nitrogen and oxygen atoms in total. The van der Waals surface area contributed by atoms with Crippen LogP contribution in [0, 0.1) is 13.8 Å². The highest BCUT2D eigenvalue weighted by molar-refractivity contribution is 6.01. The number of amides is 1. The van der Waals surface area contributed by atoms with Gasteiger partial charge in [0.25, 0.3) is 0 Å². The van der Waals surface area contributed by atoms with Crippen LogP contribution in [0.25, 0.3) is 0 Å². The monoisotopic (exact) mass is 289 g/mol. The van der Waals surface area contributed by atoms with E-state index < -0.39 is 5.97 Å². The van der Waals surface area contributed by atoms with Crippen molar-refractivity contribution < 1.29 is 19.8 Å². The number of aromatic amines is 1. The molecular formula is C14H15N3O4. The molecule has 1 amide bonds. The van der Waals surface area contributed by atoms with Crippen LogP contribution < -0.4 is 5.32 Å². The summed E-state index contributed by atoms with van der Waals surface area (Å²) in [6.45, 7) is 3.60. The molecule has 0 aliphatic carbocycles. The number of hydrogen-bond acceptors (Lipinski definition) is 4. The summed E-state index contributed by atoms with van der Waals surface area (Å²) in [7, 11) is 0. The second kappa shape index (κ2) is 5.66. The molecule has 0 saturated heterocycles. The predicted octanol–water partition coefficient (Wildman–Crippen LogP) is 1.61. The molecule has 0 fully saturated rings. The van der Waals surface area contributed by atoms with Gasteiger partial charge in [0.05, 0.1) is 23.4 Å². The van der Waals surface area contributed by atoms with E-state index in [1.807, 2.05) is 6.92 Å². The van der Waals surface area contributed by atoms with Crippen LogP contribution >= 0.6 is 0 Å². The minimum absolute atomic E-state index is 0.0914. The van der Waals surface area contributed by atoms with Crippen LogP contribution in [-0.4, -0.2) is 32.3 Å². The fourth-order valence-electron chi connectivity index (χ4n) is 2.01. The van der Waals surface area contributed by atoms with Gasteiger partial charge in [0.15, 0.2) is 0 Å². The Balaban J connectivity index is 2.19. The number of aromatic hydroxyl groups is 1. The normalized spacial score (nSPS) is 10.4. The molecule has 1 aromatic heterocycles. The molecule has 7 heteroatoms. The molecule has 2 aromatic rings. The summed E-state index contributed by atoms with van der Waals surface area (Å²) in [6, 6.07) is 3.76. The lowest BCUT2D eigenvalue weighted by molar-refractivity contribution is -0.115. The van der Waals surface area contributed by atoms with Crippen LogP contribution in [0.4, 0.5) is 5.69 Å². The van der Waals surface area contributed by atoms with Crippen molar-refractivity contribution in [3.05, 3.63) is 40.7 Å². The first kappa shape index (κ1) is 14.6. The highest BCUT2D eigenvalue weighted by Crippen LogP contribution is 2.22. The van der Waals surface area contributed by atoms with Gasteiger partial charge in [-0.15, -0.1) is 0 Å². The van der Waals surface area contributed by atoms with Crippen molar-refractivity contribution in [1.29, 1.82) is 0 Å². The lowest BCUT2D eigenvalue weighted by Crippen LogP contribution is -2.17. The molecule has 0 bridgehead atoms. The third-order valence-corrected chi connectivity index (χ3v) is 3.13. The van der Waals surface area contributed by atoms with E-state index in [0.717, 1.165) is 23.0 Å². The lowest BCUT2D eigenvalue weighted by atomic mass is 10.1. The molecule has 0 spiro atoms. The van der Waals surface area contributed by atoms with Gasteiger partial charge in [-0.25, -0.2) is 4.79 Å². The van der Waals surface area contributed by atoms with E-state index in [4.69, 9.17) is 5.11 Å². The molecule has 0 saturated carbocycles. The van der Waals surface area contributed by atoms with Gasteiger partial charge in [0.1, 0.15) is 5.75 Å². The smallest absolute Gasteiger partial charge is 0.337 e. The zero-order valence-corrected chi connectivity index (χ0v) is 11.6. The summed E-state index contributed by atoms with van der Waals surface area (Å²) in [5.41, 5.74) is 2.29. The quantitative estimate of drug-likeness (QED) is 0.638. The molecule has 0 atom stereocenters. The average Bonchev–Trinajstić information content (AvgIpc) is 2.72. The molecule has 0 radical (unpaired) electrons. The van der Waals surface area contributed by atoms with Gasteiger partial charge < -0.3 is 15.5 Å². The second-order valence-electron chi connectivity index (χ2n) is 4.67. The standard InChI is InChI=1S/C14H15N3O4/c1-7-10(8(2)17-16-7)6-13(19)15-12-4-3-9(18)5-11(12)14(20)21/h3-5,18H,6H2,1-2H3,(H,15,19)(H,16,17)(H,20,21). The molecule has 110 valence electrons. The number of aromatic carboxylic acids is 1. The van der Waals surface area contributed by atoms with Crippen LogP contribution in [0.3, 0.4) is 0 Å². The van der Waals surface area contributed by atoms with Crippen molar-refractivity contribution in [3.8, 4) is 5.75 Å². The van der Waals surface area contributed by atoms with Gasteiger partial charge in [0, 0.05) is 11.3 Å². The third kappa shape index (κ3) is 3.19. The van der Waals surface area contributed by atoms with Gasteiger partial charge in [-0.2, -0.15) is 5.10 Å². The zero-order valence-electron chi connectivity index (χ0n) is 11.6. The Morgan fingerprint density at radius 3 is 2.62 bits per heavy atom. The number of nitrogens with zero attached hydrogens (tertiary/aromatic N) is 1. The van der Waals surface area contributed by atoms with Crippen molar-refractivity contribution in [1.82, 2.24) is 10.2 Å². The number of rotatable bonds is 4. The molecule has 0 unspecified atom stereocenters. The highest BCUT2D eigenvalue weighted by atomic mass is 16.4. The number of carboxylic acids is 1.